The number of pyridine rings is 1. The molecule has 1 aromatic heterocycles. The minimum Gasteiger partial charge on any atom is -0.484 e. The number of nitrogens with zero attached hydrogens (tertiary/aromatic N) is 1. The fourth-order valence-electron chi connectivity index (χ4n) is 1.36. The van der Waals surface area contributed by atoms with Crippen molar-refractivity contribution in [3.63, 3.8) is 0 Å². The molecule has 5 heteroatoms. The lowest BCUT2D eigenvalue weighted by Gasteiger charge is -2.10. The summed E-state index contributed by atoms with van der Waals surface area (Å²) in [5, 5.41) is 3.26. The van der Waals surface area contributed by atoms with Gasteiger partial charge in [-0.3, -0.25) is 4.79 Å². The molecule has 0 unspecified atom stereocenters. The predicted octanol–water partition coefficient (Wildman–Crippen LogP) is 2.06. The number of carbonyl (C=O) groups is 1. The highest BCUT2D eigenvalue weighted by atomic mass is 16.5. The van der Waals surface area contributed by atoms with Crippen molar-refractivity contribution in [1.29, 1.82) is 0 Å². The number of ether oxygens (including phenoxy) is 2. The summed E-state index contributed by atoms with van der Waals surface area (Å²) in [4.78, 5) is 15.6. The Morgan fingerprint density at radius 2 is 2.00 bits per heavy atom. The first-order chi connectivity index (χ1) is 9.49. The van der Waals surface area contributed by atoms with E-state index in [1.165, 1.54) is 0 Å². The van der Waals surface area contributed by atoms with Gasteiger partial charge in [-0.1, -0.05) is 27.7 Å². The smallest absolute Gasteiger partial charge is 0.213 e. The zero-order chi connectivity index (χ0) is 15.0. The van der Waals surface area contributed by atoms with Gasteiger partial charge in [0.2, 0.25) is 5.88 Å². The maximum atomic E-state index is 11.4. The van der Waals surface area contributed by atoms with E-state index < -0.39 is 0 Å². The largest absolute Gasteiger partial charge is 0.484 e. The van der Waals surface area contributed by atoms with Gasteiger partial charge in [0.25, 0.3) is 0 Å². The van der Waals surface area contributed by atoms with Crippen LogP contribution >= 0.6 is 0 Å². The third-order valence-electron chi connectivity index (χ3n) is 2.64. The second-order valence-corrected chi connectivity index (χ2v) is 5.20. The van der Waals surface area contributed by atoms with Gasteiger partial charge in [-0.2, -0.15) is 0 Å². The van der Waals surface area contributed by atoms with Gasteiger partial charge >= 0.3 is 0 Å². The van der Waals surface area contributed by atoms with E-state index in [2.05, 4.69) is 24.1 Å². The van der Waals surface area contributed by atoms with E-state index in [1.807, 2.05) is 13.8 Å². The van der Waals surface area contributed by atoms with E-state index in [1.54, 1.807) is 18.3 Å². The number of ketones is 1. The summed E-state index contributed by atoms with van der Waals surface area (Å²) in [5.74, 6) is 1.19. The Bertz CT molecular complexity index is 402. The minimum absolute atomic E-state index is 0.0148. The molecule has 112 valence electrons. The summed E-state index contributed by atoms with van der Waals surface area (Å²) >= 11 is 0. The van der Waals surface area contributed by atoms with Crippen LogP contribution in [0.4, 0.5) is 0 Å². The van der Waals surface area contributed by atoms with Crippen molar-refractivity contribution in [3.05, 3.63) is 18.3 Å². The molecule has 0 atom stereocenters. The highest BCUT2D eigenvalue weighted by Crippen LogP contribution is 2.14. The fourth-order valence-corrected chi connectivity index (χ4v) is 1.36. The Morgan fingerprint density at radius 1 is 1.25 bits per heavy atom. The molecule has 0 saturated carbocycles. The summed E-state index contributed by atoms with van der Waals surface area (Å²) in [6, 6.07) is 3.94. The molecule has 1 N–H and O–H groups in total. The van der Waals surface area contributed by atoms with Gasteiger partial charge in [-0.15, -0.1) is 0 Å². The Hall–Kier alpha value is -1.62. The number of aromatic nitrogens is 1. The molecule has 5 nitrogen and oxygen atoms in total. The van der Waals surface area contributed by atoms with E-state index >= 15 is 0 Å². The van der Waals surface area contributed by atoms with Gasteiger partial charge in [-0.25, -0.2) is 4.98 Å². The maximum absolute atomic E-state index is 11.4. The van der Waals surface area contributed by atoms with Crippen LogP contribution in [0.1, 0.15) is 27.7 Å². The molecule has 0 aliphatic carbocycles. The monoisotopic (exact) mass is 280 g/mol. The van der Waals surface area contributed by atoms with E-state index in [4.69, 9.17) is 9.47 Å². The van der Waals surface area contributed by atoms with Crippen molar-refractivity contribution in [2.45, 2.75) is 33.7 Å². The third kappa shape index (κ3) is 6.52. The molecule has 0 bridgehead atoms. The summed E-state index contributed by atoms with van der Waals surface area (Å²) in [7, 11) is 0. The Labute approximate surface area is 120 Å². The number of rotatable bonds is 9. The minimum atomic E-state index is -0.0148. The molecular formula is C15H24N2O3. The van der Waals surface area contributed by atoms with Crippen molar-refractivity contribution in [3.8, 4) is 11.6 Å². The SMILES string of the molecule is CC(C)NCCOc1ccc(OCC(=O)C(C)C)cn1. The van der Waals surface area contributed by atoms with Crippen LogP contribution in [0, 0.1) is 5.92 Å². The lowest BCUT2D eigenvalue weighted by molar-refractivity contribution is -0.123. The molecule has 1 rings (SSSR count). The zero-order valence-corrected chi connectivity index (χ0v) is 12.7. The summed E-state index contributed by atoms with van der Waals surface area (Å²) in [5.41, 5.74) is 0. The van der Waals surface area contributed by atoms with Crippen molar-refractivity contribution >= 4 is 5.78 Å². The number of Topliss-reactive ketones (excluding diaryl/α,β-unsaturated/α-hetero) is 1. The first kappa shape index (κ1) is 16.4. The molecule has 0 saturated heterocycles. The van der Waals surface area contributed by atoms with Crippen LogP contribution < -0.4 is 14.8 Å². The van der Waals surface area contributed by atoms with Crippen molar-refractivity contribution in [1.82, 2.24) is 10.3 Å². The topological polar surface area (TPSA) is 60.5 Å². The van der Waals surface area contributed by atoms with Crippen LogP contribution in [0.15, 0.2) is 18.3 Å². The normalized spacial score (nSPS) is 10.9. The third-order valence-corrected chi connectivity index (χ3v) is 2.64. The lowest BCUT2D eigenvalue weighted by atomic mass is 10.1. The maximum Gasteiger partial charge on any atom is 0.213 e. The van der Waals surface area contributed by atoms with Gasteiger partial charge in [0.15, 0.2) is 5.78 Å². The predicted molar refractivity (Wildman–Crippen MR) is 78.2 cm³/mol. The first-order valence-corrected chi connectivity index (χ1v) is 6.96. The highest BCUT2D eigenvalue weighted by Gasteiger charge is 2.08. The second kappa shape index (κ2) is 8.53. The van der Waals surface area contributed by atoms with E-state index in [0.29, 0.717) is 24.3 Å². The molecule has 20 heavy (non-hydrogen) atoms. The van der Waals surface area contributed by atoms with Crippen molar-refractivity contribution in [2.24, 2.45) is 5.92 Å². The summed E-state index contributed by atoms with van der Waals surface area (Å²) in [6.45, 7) is 9.30. The number of nitrogens with one attached hydrogen (secondary N) is 1. The number of hydrogen-bond acceptors (Lipinski definition) is 5. The molecule has 0 fully saturated rings. The van der Waals surface area contributed by atoms with Gasteiger partial charge in [-0.05, 0) is 6.07 Å². The van der Waals surface area contributed by atoms with E-state index in [9.17, 15) is 4.79 Å². The first-order valence-electron chi connectivity index (χ1n) is 6.96. The summed E-state index contributed by atoms with van der Waals surface area (Å²) < 4.78 is 10.8. The summed E-state index contributed by atoms with van der Waals surface area (Å²) in [6.07, 6.45) is 1.57. The van der Waals surface area contributed by atoms with Crippen LogP contribution in [-0.4, -0.2) is 36.6 Å². The molecule has 0 radical (unpaired) electrons. The molecule has 0 aliphatic rings. The van der Waals surface area contributed by atoms with Crippen LogP contribution in [-0.2, 0) is 4.79 Å². The standard InChI is InChI=1S/C15H24N2O3/c1-11(2)14(18)10-20-13-5-6-15(17-9-13)19-8-7-16-12(3)4/h5-6,9,11-12,16H,7-8,10H2,1-4H3. The zero-order valence-electron chi connectivity index (χ0n) is 12.7. The van der Waals surface area contributed by atoms with Crippen LogP contribution in [0.2, 0.25) is 0 Å². The van der Waals surface area contributed by atoms with Crippen LogP contribution in [0.25, 0.3) is 0 Å². The fraction of sp³-hybridized carbons (Fsp3) is 0.600. The molecule has 0 aliphatic heterocycles. The van der Waals surface area contributed by atoms with E-state index in [-0.39, 0.29) is 18.3 Å². The molecule has 1 heterocycles. The number of carbonyl (C=O) groups excluding carboxylic acids is 1. The average Bonchev–Trinajstić information content (AvgIpc) is 2.42. The average molecular weight is 280 g/mol. The highest BCUT2D eigenvalue weighted by molar-refractivity contribution is 5.81. The molecule has 1 aromatic rings. The van der Waals surface area contributed by atoms with Gasteiger partial charge < -0.3 is 14.8 Å². The second-order valence-electron chi connectivity index (χ2n) is 5.20. The van der Waals surface area contributed by atoms with Gasteiger partial charge in [0.1, 0.15) is 19.0 Å². The Kier molecular flexibility index (Phi) is 7.01. The lowest BCUT2D eigenvalue weighted by Crippen LogP contribution is -2.27. The van der Waals surface area contributed by atoms with E-state index in [0.717, 1.165) is 6.54 Å². The molecule has 0 amide bonds. The quantitative estimate of drug-likeness (QED) is 0.702. The Morgan fingerprint density at radius 3 is 2.55 bits per heavy atom. The molecule has 0 spiro atoms. The molecule has 0 aromatic carbocycles. The van der Waals surface area contributed by atoms with Gasteiger partial charge in [0, 0.05) is 24.6 Å². The van der Waals surface area contributed by atoms with Crippen LogP contribution in [0.3, 0.4) is 0 Å². The Balaban J connectivity index is 2.31. The van der Waals surface area contributed by atoms with Crippen LogP contribution in [0.5, 0.6) is 11.6 Å². The number of hydrogen-bond donors (Lipinski definition) is 1. The van der Waals surface area contributed by atoms with Crippen molar-refractivity contribution < 1.29 is 14.3 Å². The van der Waals surface area contributed by atoms with Gasteiger partial charge in [0.05, 0.1) is 6.20 Å². The molecular weight excluding hydrogens is 256 g/mol. The van der Waals surface area contributed by atoms with Crippen molar-refractivity contribution in [2.75, 3.05) is 19.8 Å².